The number of amides is 1. The van der Waals surface area contributed by atoms with Crippen molar-refractivity contribution in [2.75, 3.05) is 36.4 Å². The molecule has 2 aliphatic heterocycles. The van der Waals surface area contributed by atoms with Crippen LogP contribution in [-0.2, 0) is 4.79 Å². The van der Waals surface area contributed by atoms with Gasteiger partial charge >= 0.3 is 5.97 Å². The Kier molecular flexibility index (Phi) is 5.34. The van der Waals surface area contributed by atoms with Crippen LogP contribution in [0.1, 0.15) is 55.3 Å². The van der Waals surface area contributed by atoms with Gasteiger partial charge in [-0.3, -0.25) is 4.79 Å². The highest BCUT2D eigenvalue weighted by atomic mass is 16.4. The van der Waals surface area contributed by atoms with Crippen LogP contribution in [0.15, 0.2) is 18.2 Å². The summed E-state index contributed by atoms with van der Waals surface area (Å²) in [6.07, 6.45) is 8.05. The molecule has 27 heavy (non-hydrogen) atoms. The molecule has 4 rings (SSSR count). The van der Waals surface area contributed by atoms with Crippen LogP contribution in [-0.4, -0.2) is 54.1 Å². The van der Waals surface area contributed by atoms with E-state index in [1.165, 1.54) is 32.4 Å². The van der Waals surface area contributed by atoms with Gasteiger partial charge in [0, 0.05) is 30.7 Å². The first-order chi connectivity index (χ1) is 13.1. The number of benzene rings is 1. The summed E-state index contributed by atoms with van der Waals surface area (Å²) in [7, 11) is 0. The third kappa shape index (κ3) is 4.26. The van der Waals surface area contributed by atoms with Gasteiger partial charge in [-0.15, -0.1) is 0 Å². The first-order valence-electron chi connectivity index (χ1n) is 10.3. The monoisotopic (exact) mass is 371 g/mol. The van der Waals surface area contributed by atoms with Crippen LogP contribution >= 0.6 is 0 Å². The van der Waals surface area contributed by atoms with Gasteiger partial charge in [0.25, 0.3) is 0 Å². The Hall–Kier alpha value is -2.08. The summed E-state index contributed by atoms with van der Waals surface area (Å²) in [5.74, 6) is -1.00. The van der Waals surface area contributed by atoms with Gasteiger partial charge in [0.2, 0.25) is 5.91 Å². The van der Waals surface area contributed by atoms with Crippen LogP contribution in [0.4, 0.5) is 11.4 Å². The zero-order valence-corrected chi connectivity index (χ0v) is 15.8. The average molecular weight is 371 g/mol. The van der Waals surface area contributed by atoms with Crippen molar-refractivity contribution >= 4 is 23.3 Å². The Morgan fingerprint density at radius 3 is 2.30 bits per heavy atom. The minimum atomic E-state index is -0.994. The molecular formula is C21H29N3O3. The zero-order valence-electron chi connectivity index (χ0n) is 15.8. The van der Waals surface area contributed by atoms with Crippen molar-refractivity contribution in [3.8, 4) is 0 Å². The Morgan fingerprint density at radius 1 is 0.963 bits per heavy atom. The molecule has 6 nitrogen and oxygen atoms in total. The number of hydrogen-bond acceptors (Lipinski definition) is 4. The van der Waals surface area contributed by atoms with Crippen molar-refractivity contribution in [1.82, 2.24) is 4.90 Å². The number of piperidine rings is 2. The van der Waals surface area contributed by atoms with E-state index in [2.05, 4.69) is 15.1 Å². The molecule has 0 spiro atoms. The van der Waals surface area contributed by atoms with Crippen molar-refractivity contribution in [1.29, 1.82) is 0 Å². The Bertz CT molecular complexity index is 703. The Morgan fingerprint density at radius 2 is 1.67 bits per heavy atom. The lowest BCUT2D eigenvalue weighted by molar-refractivity contribution is -0.117. The van der Waals surface area contributed by atoms with E-state index in [4.69, 9.17) is 0 Å². The summed E-state index contributed by atoms with van der Waals surface area (Å²) in [6.45, 7) is 4.36. The lowest BCUT2D eigenvalue weighted by Gasteiger charge is -2.41. The topological polar surface area (TPSA) is 72.9 Å². The average Bonchev–Trinajstić information content (AvgIpc) is 3.54. The second kappa shape index (κ2) is 7.89. The molecule has 1 aromatic carbocycles. The van der Waals surface area contributed by atoms with E-state index in [0.29, 0.717) is 11.7 Å². The Balaban J connectivity index is 1.42. The first-order valence-corrected chi connectivity index (χ1v) is 10.3. The molecule has 2 heterocycles. The maximum atomic E-state index is 12.0. The van der Waals surface area contributed by atoms with E-state index in [9.17, 15) is 14.7 Å². The molecule has 1 amide bonds. The molecule has 6 heteroatoms. The highest BCUT2D eigenvalue weighted by Gasteiger charge is 2.31. The second-order valence-corrected chi connectivity index (χ2v) is 8.11. The standard InChI is InChI=1S/C21H29N3O3/c25-20(15-4-5-15)22-19-7-6-17(14-18(19)21(26)27)24-12-8-16(9-13-24)23-10-2-1-3-11-23/h6-7,14-16H,1-5,8-13H2,(H,22,25)(H,26,27). The number of nitrogens with one attached hydrogen (secondary N) is 1. The molecule has 0 unspecified atom stereocenters. The van der Waals surface area contributed by atoms with Gasteiger partial charge in [-0.2, -0.15) is 0 Å². The number of carbonyl (C=O) groups excluding carboxylic acids is 1. The van der Waals surface area contributed by atoms with E-state index >= 15 is 0 Å². The van der Waals surface area contributed by atoms with E-state index in [0.717, 1.165) is 44.5 Å². The van der Waals surface area contributed by atoms with Gasteiger partial charge in [0.1, 0.15) is 0 Å². The summed E-state index contributed by atoms with van der Waals surface area (Å²) in [5.41, 5.74) is 1.53. The predicted molar refractivity (Wildman–Crippen MR) is 105 cm³/mol. The first kappa shape index (κ1) is 18.3. The summed E-state index contributed by atoms with van der Waals surface area (Å²) >= 11 is 0. The van der Waals surface area contributed by atoms with E-state index in [-0.39, 0.29) is 17.4 Å². The van der Waals surface area contributed by atoms with Gasteiger partial charge in [-0.25, -0.2) is 4.79 Å². The van der Waals surface area contributed by atoms with Gasteiger partial charge in [-0.1, -0.05) is 6.42 Å². The number of nitrogens with zero attached hydrogens (tertiary/aromatic N) is 2. The normalized spacial score (nSPS) is 21.9. The summed E-state index contributed by atoms with van der Waals surface area (Å²) in [5, 5.41) is 12.4. The summed E-state index contributed by atoms with van der Waals surface area (Å²) in [4.78, 5) is 28.6. The molecule has 1 aromatic rings. The van der Waals surface area contributed by atoms with Crippen molar-refractivity contribution in [2.45, 2.75) is 51.0 Å². The third-order valence-corrected chi connectivity index (χ3v) is 6.18. The summed E-state index contributed by atoms with van der Waals surface area (Å²) in [6, 6.07) is 6.07. The van der Waals surface area contributed by atoms with Crippen LogP contribution in [0, 0.1) is 5.92 Å². The molecule has 1 aliphatic carbocycles. The second-order valence-electron chi connectivity index (χ2n) is 8.11. The lowest BCUT2D eigenvalue weighted by atomic mass is 9.99. The fourth-order valence-corrected chi connectivity index (χ4v) is 4.37. The molecule has 2 saturated heterocycles. The van der Waals surface area contributed by atoms with Crippen LogP contribution in [0.3, 0.4) is 0 Å². The van der Waals surface area contributed by atoms with Crippen LogP contribution < -0.4 is 10.2 Å². The van der Waals surface area contributed by atoms with Crippen molar-refractivity contribution < 1.29 is 14.7 Å². The molecule has 146 valence electrons. The zero-order chi connectivity index (χ0) is 18.8. The quantitative estimate of drug-likeness (QED) is 0.832. The van der Waals surface area contributed by atoms with Crippen molar-refractivity contribution in [3.05, 3.63) is 23.8 Å². The number of likely N-dealkylation sites (tertiary alicyclic amines) is 1. The van der Waals surface area contributed by atoms with Crippen molar-refractivity contribution in [3.63, 3.8) is 0 Å². The van der Waals surface area contributed by atoms with Gasteiger partial charge in [0.05, 0.1) is 11.3 Å². The molecule has 1 saturated carbocycles. The molecule has 0 radical (unpaired) electrons. The molecular weight excluding hydrogens is 342 g/mol. The maximum Gasteiger partial charge on any atom is 0.337 e. The van der Waals surface area contributed by atoms with E-state index < -0.39 is 5.97 Å². The molecule has 2 N–H and O–H groups in total. The number of carbonyl (C=O) groups is 2. The fraction of sp³-hybridized carbons (Fsp3) is 0.619. The number of carboxylic acids is 1. The van der Waals surface area contributed by atoms with Gasteiger partial charge in [0.15, 0.2) is 0 Å². The number of rotatable bonds is 5. The highest BCUT2D eigenvalue weighted by molar-refractivity contribution is 6.02. The minimum Gasteiger partial charge on any atom is -0.478 e. The fourth-order valence-electron chi connectivity index (χ4n) is 4.37. The molecule has 0 bridgehead atoms. The van der Waals surface area contributed by atoms with E-state index in [1.54, 1.807) is 12.1 Å². The SMILES string of the molecule is O=C(O)c1cc(N2CCC(N3CCCCC3)CC2)ccc1NC(=O)C1CC1. The van der Waals surface area contributed by atoms with Crippen molar-refractivity contribution in [2.24, 2.45) is 5.92 Å². The molecule has 0 atom stereocenters. The minimum absolute atomic E-state index is 0.0557. The Labute approximate surface area is 160 Å². The van der Waals surface area contributed by atoms with Crippen LogP contribution in [0.5, 0.6) is 0 Å². The summed E-state index contributed by atoms with van der Waals surface area (Å²) < 4.78 is 0. The largest absolute Gasteiger partial charge is 0.478 e. The molecule has 3 aliphatic rings. The molecule has 3 fully saturated rings. The van der Waals surface area contributed by atoms with Gasteiger partial charge in [-0.05, 0) is 69.8 Å². The number of anilines is 2. The van der Waals surface area contributed by atoms with E-state index in [1.807, 2.05) is 6.07 Å². The highest BCUT2D eigenvalue weighted by Crippen LogP contribution is 2.32. The maximum absolute atomic E-state index is 12.0. The van der Waals surface area contributed by atoms with Crippen LogP contribution in [0.25, 0.3) is 0 Å². The lowest BCUT2D eigenvalue weighted by Crippen LogP contribution is -2.46. The number of carboxylic acid groups (broad SMARTS) is 1. The van der Waals surface area contributed by atoms with Crippen LogP contribution in [0.2, 0.25) is 0 Å². The van der Waals surface area contributed by atoms with Gasteiger partial charge < -0.3 is 20.2 Å². The smallest absolute Gasteiger partial charge is 0.337 e. The number of aromatic carboxylic acids is 1. The third-order valence-electron chi connectivity index (χ3n) is 6.18. The molecule has 0 aromatic heterocycles. The number of hydrogen-bond donors (Lipinski definition) is 2. The predicted octanol–water partition coefficient (Wildman–Crippen LogP) is 3.19.